The van der Waals surface area contributed by atoms with Crippen molar-refractivity contribution in [1.82, 2.24) is 15.1 Å². The van der Waals surface area contributed by atoms with Crippen LogP contribution in [0.25, 0.3) is 0 Å². The van der Waals surface area contributed by atoms with Gasteiger partial charge in [-0.05, 0) is 19.9 Å². The Bertz CT molecular complexity index is 276. The highest BCUT2D eigenvalue weighted by atomic mass is 16.2. The molecule has 0 bridgehead atoms. The van der Waals surface area contributed by atoms with Gasteiger partial charge in [0.05, 0.1) is 0 Å². The summed E-state index contributed by atoms with van der Waals surface area (Å²) in [6.45, 7) is 4.03. The Morgan fingerprint density at radius 3 is 2.72 bits per heavy atom. The summed E-state index contributed by atoms with van der Waals surface area (Å²) < 4.78 is 0. The van der Waals surface area contributed by atoms with E-state index in [1.165, 1.54) is 19.3 Å². The summed E-state index contributed by atoms with van der Waals surface area (Å²) >= 11 is 0. The molecule has 0 aromatic carbocycles. The van der Waals surface area contributed by atoms with E-state index in [4.69, 9.17) is 0 Å². The molecule has 1 heterocycles. The van der Waals surface area contributed by atoms with Crippen LogP contribution in [0.3, 0.4) is 0 Å². The van der Waals surface area contributed by atoms with Gasteiger partial charge in [0.25, 0.3) is 0 Å². The van der Waals surface area contributed by atoms with Gasteiger partial charge in [0, 0.05) is 45.2 Å². The predicted octanol–water partition coefficient (Wildman–Crippen LogP) is 0.929. The molecule has 1 saturated carbocycles. The first-order chi connectivity index (χ1) is 8.66. The van der Waals surface area contributed by atoms with Gasteiger partial charge >= 0.3 is 0 Å². The Labute approximate surface area is 111 Å². The van der Waals surface area contributed by atoms with Crippen LogP contribution in [-0.4, -0.2) is 62.0 Å². The third-order valence-electron chi connectivity index (χ3n) is 4.28. The largest absolute Gasteiger partial charge is 0.344 e. The molecule has 1 aliphatic carbocycles. The summed E-state index contributed by atoms with van der Waals surface area (Å²) in [4.78, 5) is 16.6. The van der Waals surface area contributed by atoms with Crippen molar-refractivity contribution in [2.75, 3.05) is 40.3 Å². The number of hydrogen-bond acceptors (Lipinski definition) is 3. The molecular weight excluding hydrogens is 226 g/mol. The maximum Gasteiger partial charge on any atom is 0.225 e. The van der Waals surface area contributed by atoms with E-state index >= 15 is 0 Å². The molecule has 4 heteroatoms. The van der Waals surface area contributed by atoms with Crippen molar-refractivity contribution < 1.29 is 4.79 Å². The van der Waals surface area contributed by atoms with Crippen LogP contribution in [0.15, 0.2) is 0 Å². The van der Waals surface area contributed by atoms with Gasteiger partial charge < -0.3 is 15.1 Å². The maximum atomic E-state index is 12.3. The molecule has 1 amide bonds. The molecule has 1 aliphatic heterocycles. The van der Waals surface area contributed by atoms with Crippen LogP contribution in [0.5, 0.6) is 0 Å². The van der Waals surface area contributed by atoms with Crippen molar-refractivity contribution >= 4 is 5.91 Å². The summed E-state index contributed by atoms with van der Waals surface area (Å²) in [5, 5.41) is 3.50. The molecule has 1 atom stereocenters. The van der Waals surface area contributed by atoms with Crippen LogP contribution < -0.4 is 5.32 Å². The Hall–Kier alpha value is -0.610. The van der Waals surface area contributed by atoms with E-state index < -0.39 is 0 Å². The number of carbonyl (C=O) groups excluding carboxylic acids is 1. The monoisotopic (exact) mass is 253 g/mol. The summed E-state index contributed by atoms with van der Waals surface area (Å²) in [5.74, 6) is 0.662. The first-order valence-electron chi connectivity index (χ1n) is 7.33. The van der Waals surface area contributed by atoms with Crippen molar-refractivity contribution in [1.29, 1.82) is 0 Å². The maximum absolute atomic E-state index is 12.3. The summed E-state index contributed by atoms with van der Waals surface area (Å²) in [5.41, 5.74) is 0. The Balaban J connectivity index is 1.79. The lowest BCUT2D eigenvalue weighted by atomic mass is 9.88. The van der Waals surface area contributed by atoms with E-state index in [-0.39, 0.29) is 0 Å². The van der Waals surface area contributed by atoms with Crippen LogP contribution in [0.4, 0.5) is 0 Å². The third kappa shape index (κ3) is 3.69. The lowest BCUT2D eigenvalue weighted by molar-refractivity contribution is -0.135. The Morgan fingerprint density at radius 2 is 2.06 bits per heavy atom. The number of carbonyl (C=O) groups is 1. The van der Waals surface area contributed by atoms with Crippen molar-refractivity contribution in [3.8, 4) is 0 Å². The number of nitrogens with one attached hydrogen (secondary N) is 1. The van der Waals surface area contributed by atoms with Gasteiger partial charge in [-0.3, -0.25) is 4.79 Å². The van der Waals surface area contributed by atoms with Crippen LogP contribution >= 0.6 is 0 Å². The van der Waals surface area contributed by atoms with Gasteiger partial charge in [0.2, 0.25) is 5.91 Å². The number of hydrogen-bond donors (Lipinski definition) is 1. The van der Waals surface area contributed by atoms with Gasteiger partial charge in [-0.25, -0.2) is 0 Å². The zero-order chi connectivity index (χ0) is 13.0. The highest BCUT2D eigenvalue weighted by Crippen LogP contribution is 2.25. The quantitative estimate of drug-likeness (QED) is 0.813. The van der Waals surface area contributed by atoms with Crippen molar-refractivity contribution in [3.05, 3.63) is 0 Å². The lowest BCUT2D eigenvalue weighted by Crippen LogP contribution is -2.54. The molecule has 0 spiro atoms. The minimum atomic E-state index is 0.296. The van der Waals surface area contributed by atoms with Gasteiger partial charge in [0.1, 0.15) is 0 Å². The number of likely N-dealkylation sites (N-methyl/N-ethyl adjacent to an activating group) is 2. The topological polar surface area (TPSA) is 35.6 Å². The fourth-order valence-electron chi connectivity index (χ4n) is 3.20. The fourth-order valence-corrected chi connectivity index (χ4v) is 3.20. The van der Waals surface area contributed by atoms with Crippen LogP contribution in [-0.2, 0) is 4.79 Å². The summed E-state index contributed by atoms with van der Waals surface area (Å²) in [6, 6.07) is 0.432. The van der Waals surface area contributed by atoms with Gasteiger partial charge in [-0.15, -0.1) is 0 Å². The van der Waals surface area contributed by atoms with Gasteiger partial charge in [-0.2, -0.15) is 0 Å². The minimum absolute atomic E-state index is 0.296. The smallest absolute Gasteiger partial charge is 0.225 e. The van der Waals surface area contributed by atoms with E-state index in [0.717, 1.165) is 39.0 Å². The van der Waals surface area contributed by atoms with Crippen molar-refractivity contribution in [3.63, 3.8) is 0 Å². The lowest BCUT2D eigenvalue weighted by Gasteiger charge is -2.34. The second-order valence-electron chi connectivity index (χ2n) is 5.97. The van der Waals surface area contributed by atoms with Gasteiger partial charge in [-0.1, -0.05) is 19.3 Å². The number of rotatable bonds is 3. The third-order valence-corrected chi connectivity index (χ3v) is 4.28. The van der Waals surface area contributed by atoms with Crippen LogP contribution in [0, 0.1) is 5.92 Å². The van der Waals surface area contributed by atoms with Crippen LogP contribution in [0.2, 0.25) is 0 Å². The molecule has 0 radical (unpaired) electrons. The molecule has 0 aromatic heterocycles. The van der Waals surface area contributed by atoms with E-state index in [1.807, 2.05) is 11.9 Å². The summed E-state index contributed by atoms with van der Waals surface area (Å²) in [6.07, 6.45) is 5.97. The summed E-state index contributed by atoms with van der Waals surface area (Å²) in [7, 11) is 4.12. The minimum Gasteiger partial charge on any atom is -0.344 e. The molecule has 1 unspecified atom stereocenters. The fraction of sp³-hybridized carbons (Fsp3) is 0.929. The SMILES string of the molecule is CN1CCNC(CN(C)C(=O)C2CCCCC2)C1. The van der Waals surface area contributed by atoms with E-state index in [9.17, 15) is 4.79 Å². The van der Waals surface area contributed by atoms with E-state index in [1.54, 1.807) is 0 Å². The second-order valence-corrected chi connectivity index (χ2v) is 5.97. The standard InChI is InChI=1S/C14H27N3O/c1-16-9-8-15-13(10-16)11-17(2)14(18)12-6-4-3-5-7-12/h12-13,15H,3-11H2,1-2H3. The molecule has 0 aromatic rings. The van der Waals surface area contributed by atoms with Crippen molar-refractivity contribution in [2.45, 2.75) is 38.1 Å². The average Bonchev–Trinajstić information content (AvgIpc) is 2.39. The van der Waals surface area contributed by atoms with E-state index in [2.05, 4.69) is 17.3 Å². The Kier molecular flexibility index (Phi) is 5.01. The molecule has 4 nitrogen and oxygen atoms in total. The molecule has 18 heavy (non-hydrogen) atoms. The number of amides is 1. The molecule has 2 aliphatic rings. The number of nitrogens with zero attached hydrogens (tertiary/aromatic N) is 2. The van der Waals surface area contributed by atoms with Gasteiger partial charge in [0.15, 0.2) is 0 Å². The second kappa shape index (κ2) is 6.53. The molecule has 1 saturated heterocycles. The number of piperazine rings is 1. The first kappa shape index (κ1) is 13.8. The average molecular weight is 253 g/mol. The normalized spacial score (nSPS) is 27.1. The highest BCUT2D eigenvalue weighted by Gasteiger charge is 2.26. The molecule has 104 valence electrons. The molecule has 2 fully saturated rings. The molecule has 1 N–H and O–H groups in total. The van der Waals surface area contributed by atoms with E-state index in [0.29, 0.717) is 17.9 Å². The van der Waals surface area contributed by atoms with Crippen LogP contribution in [0.1, 0.15) is 32.1 Å². The Morgan fingerprint density at radius 1 is 1.33 bits per heavy atom. The zero-order valence-electron chi connectivity index (χ0n) is 11.8. The first-order valence-corrected chi connectivity index (χ1v) is 7.33. The molecule has 2 rings (SSSR count). The molecular formula is C14H27N3O. The predicted molar refractivity (Wildman–Crippen MR) is 73.5 cm³/mol. The van der Waals surface area contributed by atoms with Crippen molar-refractivity contribution in [2.24, 2.45) is 5.92 Å². The highest BCUT2D eigenvalue weighted by molar-refractivity contribution is 5.78. The zero-order valence-corrected chi connectivity index (χ0v) is 11.8.